The Morgan fingerprint density at radius 3 is 3.07 bits per heavy atom. The number of hydrogen-bond acceptors (Lipinski definition) is 3. The van der Waals surface area contributed by atoms with Crippen molar-refractivity contribution in [3.63, 3.8) is 0 Å². The summed E-state index contributed by atoms with van der Waals surface area (Å²) in [5.74, 6) is -0.469. The molecule has 1 heterocycles. The van der Waals surface area contributed by atoms with Crippen LogP contribution in [0.25, 0.3) is 11.0 Å². The number of nitrogens with zero attached hydrogens (tertiary/aromatic N) is 2. The lowest BCUT2D eigenvalue weighted by Gasteiger charge is -2.02. The third-order valence-corrected chi connectivity index (χ3v) is 2.18. The molecular weight excluding hydrogens is 194 g/mol. The van der Waals surface area contributed by atoms with Gasteiger partial charge in [0.15, 0.2) is 0 Å². The fourth-order valence-electron chi connectivity index (χ4n) is 1.53. The van der Waals surface area contributed by atoms with Crippen molar-refractivity contribution in [3.05, 3.63) is 30.1 Å². The number of ether oxygens (including phenoxy) is 1. The van der Waals surface area contributed by atoms with Gasteiger partial charge in [-0.05, 0) is 12.1 Å². The molecule has 0 radical (unpaired) electrons. The molecule has 2 aromatic rings. The van der Waals surface area contributed by atoms with Crippen LogP contribution in [0.4, 0.5) is 0 Å². The Balaban J connectivity index is 2.63. The summed E-state index contributed by atoms with van der Waals surface area (Å²) in [5, 5.41) is 0. The maximum atomic E-state index is 11.1. The minimum Gasteiger partial charge on any atom is -0.366 e. The first-order chi connectivity index (χ1) is 7.24. The fourth-order valence-corrected chi connectivity index (χ4v) is 1.53. The Labute approximate surface area is 86.5 Å². The van der Waals surface area contributed by atoms with Gasteiger partial charge in [0.05, 0.1) is 17.4 Å². The van der Waals surface area contributed by atoms with Crippen molar-refractivity contribution >= 4 is 16.9 Å². The molecule has 0 saturated heterocycles. The molecule has 0 unspecified atom stereocenters. The van der Waals surface area contributed by atoms with Crippen molar-refractivity contribution < 1.29 is 9.53 Å². The van der Waals surface area contributed by atoms with Gasteiger partial charge in [0.1, 0.15) is 12.2 Å². The van der Waals surface area contributed by atoms with E-state index in [1.807, 2.05) is 10.6 Å². The quantitative estimate of drug-likeness (QED) is 0.803. The molecule has 5 nitrogen and oxygen atoms in total. The predicted molar refractivity (Wildman–Crippen MR) is 55.3 cm³/mol. The number of primary amides is 1. The lowest BCUT2D eigenvalue weighted by molar-refractivity contribution is 0.100. The maximum absolute atomic E-state index is 11.1. The Kier molecular flexibility index (Phi) is 2.39. The molecule has 1 aromatic carbocycles. The van der Waals surface area contributed by atoms with Crippen molar-refractivity contribution in [1.82, 2.24) is 9.55 Å². The number of nitrogens with two attached hydrogens (primary N) is 1. The van der Waals surface area contributed by atoms with Gasteiger partial charge in [0.2, 0.25) is 0 Å². The van der Waals surface area contributed by atoms with Gasteiger partial charge in [-0.1, -0.05) is 6.07 Å². The minimum atomic E-state index is -0.469. The largest absolute Gasteiger partial charge is 0.366 e. The molecule has 78 valence electrons. The van der Waals surface area contributed by atoms with Gasteiger partial charge in [-0.2, -0.15) is 0 Å². The highest BCUT2D eigenvalue weighted by Crippen LogP contribution is 2.16. The summed E-state index contributed by atoms with van der Waals surface area (Å²) < 4.78 is 6.81. The van der Waals surface area contributed by atoms with Crippen LogP contribution in [0.1, 0.15) is 10.4 Å². The number of carbonyl (C=O) groups excluding carboxylic acids is 1. The lowest BCUT2D eigenvalue weighted by atomic mass is 10.2. The highest BCUT2D eigenvalue weighted by molar-refractivity contribution is 6.04. The number of methoxy groups -OCH3 is 1. The van der Waals surface area contributed by atoms with Gasteiger partial charge in [-0.25, -0.2) is 4.98 Å². The molecule has 0 bridgehead atoms. The molecule has 0 aliphatic rings. The van der Waals surface area contributed by atoms with E-state index in [2.05, 4.69) is 4.98 Å². The first-order valence-electron chi connectivity index (χ1n) is 4.46. The zero-order chi connectivity index (χ0) is 10.8. The minimum absolute atomic E-state index is 0.402. The van der Waals surface area contributed by atoms with Crippen LogP contribution in [-0.4, -0.2) is 22.6 Å². The second-order valence-electron chi connectivity index (χ2n) is 3.17. The van der Waals surface area contributed by atoms with Crippen LogP contribution in [0, 0.1) is 0 Å². The van der Waals surface area contributed by atoms with Crippen molar-refractivity contribution in [3.8, 4) is 0 Å². The van der Waals surface area contributed by atoms with Crippen LogP contribution in [0.3, 0.4) is 0 Å². The summed E-state index contributed by atoms with van der Waals surface area (Å²) in [5.41, 5.74) is 7.13. The third-order valence-electron chi connectivity index (χ3n) is 2.18. The van der Waals surface area contributed by atoms with E-state index in [0.29, 0.717) is 17.8 Å². The van der Waals surface area contributed by atoms with E-state index in [9.17, 15) is 4.79 Å². The van der Waals surface area contributed by atoms with Crippen LogP contribution >= 0.6 is 0 Å². The smallest absolute Gasteiger partial charge is 0.250 e. The number of amides is 1. The number of benzene rings is 1. The molecule has 0 spiro atoms. The Morgan fingerprint density at radius 2 is 2.40 bits per heavy atom. The van der Waals surface area contributed by atoms with Crippen LogP contribution in [-0.2, 0) is 11.5 Å². The van der Waals surface area contributed by atoms with Crippen LogP contribution in [0.2, 0.25) is 0 Å². The average molecular weight is 205 g/mol. The molecule has 0 saturated carbocycles. The molecule has 1 amide bonds. The number of fused-ring (bicyclic) bond motifs is 1. The molecular formula is C10H11N3O2. The number of rotatable bonds is 3. The summed E-state index contributed by atoms with van der Waals surface area (Å²) in [6.07, 6.45) is 1.63. The van der Waals surface area contributed by atoms with E-state index in [4.69, 9.17) is 10.5 Å². The Morgan fingerprint density at radius 1 is 1.60 bits per heavy atom. The molecule has 15 heavy (non-hydrogen) atoms. The van der Waals surface area contributed by atoms with Gasteiger partial charge in [-0.15, -0.1) is 0 Å². The van der Waals surface area contributed by atoms with Gasteiger partial charge in [0, 0.05) is 7.11 Å². The van der Waals surface area contributed by atoms with E-state index >= 15 is 0 Å². The summed E-state index contributed by atoms with van der Waals surface area (Å²) in [6.45, 7) is 0.402. The van der Waals surface area contributed by atoms with Gasteiger partial charge >= 0.3 is 0 Å². The Bertz CT molecular complexity index is 504. The monoisotopic (exact) mass is 205 g/mol. The van der Waals surface area contributed by atoms with E-state index < -0.39 is 5.91 Å². The van der Waals surface area contributed by atoms with E-state index in [1.54, 1.807) is 25.6 Å². The number of para-hydroxylation sites is 1. The topological polar surface area (TPSA) is 70.1 Å². The first kappa shape index (κ1) is 9.67. The highest BCUT2D eigenvalue weighted by atomic mass is 16.5. The molecule has 2 rings (SSSR count). The molecule has 2 N–H and O–H groups in total. The Hall–Kier alpha value is -1.88. The summed E-state index contributed by atoms with van der Waals surface area (Å²) >= 11 is 0. The fraction of sp³-hybridized carbons (Fsp3) is 0.200. The van der Waals surface area contributed by atoms with Gasteiger partial charge in [-0.3, -0.25) is 4.79 Å². The zero-order valence-electron chi connectivity index (χ0n) is 8.30. The third kappa shape index (κ3) is 1.57. The highest BCUT2D eigenvalue weighted by Gasteiger charge is 2.10. The van der Waals surface area contributed by atoms with Crippen molar-refractivity contribution in [1.29, 1.82) is 0 Å². The van der Waals surface area contributed by atoms with Gasteiger partial charge < -0.3 is 15.0 Å². The number of carbonyl (C=O) groups is 1. The number of hydrogen-bond donors (Lipinski definition) is 1. The van der Waals surface area contributed by atoms with Gasteiger partial charge in [0.25, 0.3) is 5.91 Å². The average Bonchev–Trinajstić information content (AvgIpc) is 2.62. The standard InChI is InChI=1S/C10H11N3O2/c1-15-6-13-5-12-9-7(10(11)14)3-2-4-8(9)13/h2-5H,6H2,1H3,(H2,11,14). The van der Waals surface area contributed by atoms with E-state index in [0.717, 1.165) is 5.52 Å². The SMILES string of the molecule is COCn1cnc2c(C(N)=O)cccc21. The second kappa shape index (κ2) is 3.70. The molecule has 0 aliphatic heterocycles. The predicted octanol–water partition coefficient (Wildman–Crippen LogP) is 0.739. The second-order valence-corrected chi connectivity index (χ2v) is 3.17. The van der Waals surface area contributed by atoms with Crippen LogP contribution in [0.15, 0.2) is 24.5 Å². The lowest BCUT2D eigenvalue weighted by Crippen LogP contribution is -2.11. The molecule has 1 aromatic heterocycles. The number of imidazole rings is 1. The molecule has 5 heteroatoms. The zero-order valence-corrected chi connectivity index (χ0v) is 8.30. The van der Waals surface area contributed by atoms with Crippen molar-refractivity contribution in [2.45, 2.75) is 6.73 Å². The summed E-state index contributed by atoms with van der Waals surface area (Å²) in [7, 11) is 1.60. The van der Waals surface area contributed by atoms with Crippen molar-refractivity contribution in [2.75, 3.05) is 7.11 Å². The van der Waals surface area contributed by atoms with E-state index in [1.165, 1.54) is 0 Å². The maximum Gasteiger partial charge on any atom is 0.250 e. The molecule has 0 aliphatic carbocycles. The van der Waals surface area contributed by atoms with Crippen LogP contribution < -0.4 is 5.73 Å². The molecule has 0 atom stereocenters. The molecule has 0 fully saturated rings. The summed E-state index contributed by atoms with van der Waals surface area (Å²) in [4.78, 5) is 15.3. The van der Waals surface area contributed by atoms with Crippen LogP contribution in [0.5, 0.6) is 0 Å². The van der Waals surface area contributed by atoms with Crippen molar-refractivity contribution in [2.24, 2.45) is 5.73 Å². The van der Waals surface area contributed by atoms with E-state index in [-0.39, 0.29) is 0 Å². The first-order valence-corrected chi connectivity index (χ1v) is 4.46. The summed E-state index contributed by atoms with van der Waals surface area (Å²) in [6, 6.07) is 5.30. The number of aromatic nitrogens is 2. The normalized spacial score (nSPS) is 10.7.